The fourth-order valence-electron chi connectivity index (χ4n) is 3.70. The van der Waals surface area contributed by atoms with Crippen molar-refractivity contribution in [2.45, 2.75) is 32.2 Å². The van der Waals surface area contributed by atoms with E-state index in [0.29, 0.717) is 5.92 Å². The van der Waals surface area contributed by atoms with Crippen molar-refractivity contribution < 1.29 is 0 Å². The number of rotatable bonds is 3. The van der Waals surface area contributed by atoms with E-state index in [1.54, 1.807) is 0 Å². The van der Waals surface area contributed by atoms with Crippen molar-refractivity contribution in [1.29, 1.82) is 0 Å². The van der Waals surface area contributed by atoms with Crippen molar-refractivity contribution in [3.8, 4) is 0 Å². The highest BCUT2D eigenvalue weighted by Crippen LogP contribution is 2.29. The molecular formula is C18H23N5. The third-order valence-corrected chi connectivity index (χ3v) is 4.82. The van der Waals surface area contributed by atoms with E-state index < -0.39 is 0 Å². The van der Waals surface area contributed by atoms with Gasteiger partial charge in [0.2, 0.25) is 0 Å². The van der Waals surface area contributed by atoms with Crippen LogP contribution < -0.4 is 0 Å². The maximum absolute atomic E-state index is 4.89. The monoisotopic (exact) mass is 309 g/mol. The van der Waals surface area contributed by atoms with Crippen molar-refractivity contribution in [1.82, 2.24) is 24.4 Å². The van der Waals surface area contributed by atoms with E-state index in [-0.39, 0.29) is 0 Å². The molecule has 1 saturated heterocycles. The Balaban J connectivity index is 1.55. The lowest BCUT2D eigenvalue weighted by atomic mass is 9.97. The predicted octanol–water partition coefficient (Wildman–Crippen LogP) is 2.98. The minimum atomic E-state index is 0.497. The average molecular weight is 309 g/mol. The van der Waals surface area contributed by atoms with Crippen molar-refractivity contribution in [2.75, 3.05) is 13.1 Å². The number of hydrogen-bond donors (Lipinski definition) is 1. The van der Waals surface area contributed by atoms with Crippen LogP contribution in [0.1, 0.15) is 36.1 Å². The number of imidazole rings is 2. The molecule has 1 aromatic carbocycles. The molecule has 4 rings (SSSR count). The summed E-state index contributed by atoms with van der Waals surface area (Å²) in [4.78, 5) is 15.2. The molecule has 1 atom stereocenters. The zero-order valence-corrected chi connectivity index (χ0v) is 13.8. The lowest BCUT2D eigenvalue weighted by Gasteiger charge is -2.31. The van der Waals surface area contributed by atoms with E-state index in [1.165, 1.54) is 24.2 Å². The molecule has 0 spiro atoms. The molecule has 0 amide bonds. The highest BCUT2D eigenvalue weighted by molar-refractivity contribution is 5.75. The summed E-state index contributed by atoms with van der Waals surface area (Å²) in [6.07, 6.45) is 4.33. The standard InChI is InChI=1S/C18H23N5/c1-13-10-19-17(20-13)12-23-9-5-6-14(11-23)18-21-15-7-3-4-8-16(15)22(18)2/h3-4,7-8,10,14H,5-6,9,11-12H2,1-2H3,(H,19,20)/t14-/m0/s1. The fraction of sp³-hybridized carbons (Fsp3) is 0.444. The second kappa shape index (κ2) is 5.81. The van der Waals surface area contributed by atoms with Gasteiger partial charge in [0, 0.05) is 31.4 Å². The second-order valence-corrected chi connectivity index (χ2v) is 6.60. The van der Waals surface area contributed by atoms with Gasteiger partial charge in [-0.2, -0.15) is 0 Å². The Morgan fingerprint density at radius 3 is 2.96 bits per heavy atom. The van der Waals surface area contributed by atoms with Gasteiger partial charge in [-0.3, -0.25) is 4.90 Å². The number of aryl methyl sites for hydroxylation is 2. The van der Waals surface area contributed by atoms with Gasteiger partial charge in [0.1, 0.15) is 11.6 Å². The number of nitrogens with one attached hydrogen (secondary N) is 1. The van der Waals surface area contributed by atoms with Crippen LogP contribution in [0.4, 0.5) is 0 Å². The normalized spacial score (nSPS) is 19.5. The molecule has 1 fully saturated rings. The Kier molecular flexibility index (Phi) is 3.65. The molecule has 5 nitrogen and oxygen atoms in total. The van der Waals surface area contributed by atoms with Crippen LogP contribution in [0.2, 0.25) is 0 Å². The number of benzene rings is 1. The molecule has 0 saturated carbocycles. The Morgan fingerprint density at radius 2 is 2.17 bits per heavy atom. The Hall–Kier alpha value is -2.14. The van der Waals surface area contributed by atoms with Gasteiger partial charge in [0.25, 0.3) is 0 Å². The summed E-state index contributed by atoms with van der Waals surface area (Å²) in [5.41, 5.74) is 3.45. The number of fused-ring (bicyclic) bond motifs is 1. The fourth-order valence-corrected chi connectivity index (χ4v) is 3.70. The maximum atomic E-state index is 4.89. The molecule has 0 bridgehead atoms. The summed E-state index contributed by atoms with van der Waals surface area (Å²) in [7, 11) is 2.14. The van der Waals surface area contributed by atoms with Crippen LogP contribution in [0, 0.1) is 6.92 Å². The SMILES string of the molecule is Cc1cnc(CN2CCC[C@H](c3nc4ccccc4n3C)C2)[nH]1. The van der Waals surface area contributed by atoms with Gasteiger partial charge in [-0.25, -0.2) is 9.97 Å². The summed E-state index contributed by atoms with van der Waals surface area (Å²) in [6.45, 7) is 5.14. The lowest BCUT2D eigenvalue weighted by molar-refractivity contribution is 0.191. The van der Waals surface area contributed by atoms with Crippen LogP contribution in [-0.4, -0.2) is 37.5 Å². The van der Waals surface area contributed by atoms with E-state index >= 15 is 0 Å². The number of H-pyrrole nitrogens is 1. The Labute approximate surface area is 136 Å². The van der Waals surface area contributed by atoms with Crippen molar-refractivity contribution in [2.24, 2.45) is 7.05 Å². The Bertz CT molecular complexity index is 816. The molecule has 120 valence electrons. The molecule has 1 aliphatic heterocycles. The van der Waals surface area contributed by atoms with Gasteiger partial charge in [0.15, 0.2) is 0 Å². The number of para-hydroxylation sites is 2. The van der Waals surface area contributed by atoms with Crippen molar-refractivity contribution in [3.05, 3.63) is 47.8 Å². The zero-order valence-electron chi connectivity index (χ0n) is 13.8. The molecule has 5 heteroatoms. The molecule has 1 N–H and O–H groups in total. The smallest absolute Gasteiger partial charge is 0.120 e. The number of hydrogen-bond acceptors (Lipinski definition) is 3. The molecule has 23 heavy (non-hydrogen) atoms. The van der Waals surface area contributed by atoms with Gasteiger partial charge in [0.05, 0.1) is 17.6 Å². The topological polar surface area (TPSA) is 49.7 Å². The average Bonchev–Trinajstić information content (AvgIpc) is 3.12. The molecule has 2 aromatic heterocycles. The highest BCUT2D eigenvalue weighted by atomic mass is 15.2. The third-order valence-electron chi connectivity index (χ3n) is 4.82. The number of piperidine rings is 1. The Morgan fingerprint density at radius 1 is 1.30 bits per heavy atom. The van der Waals surface area contributed by atoms with Crippen LogP contribution in [0.5, 0.6) is 0 Å². The maximum Gasteiger partial charge on any atom is 0.120 e. The zero-order chi connectivity index (χ0) is 15.8. The quantitative estimate of drug-likeness (QED) is 0.809. The van der Waals surface area contributed by atoms with Gasteiger partial charge >= 0.3 is 0 Å². The van der Waals surface area contributed by atoms with Crippen LogP contribution in [0.25, 0.3) is 11.0 Å². The van der Waals surface area contributed by atoms with Crippen LogP contribution in [0.3, 0.4) is 0 Å². The first kappa shape index (κ1) is 14.5. The van der Waals surface area contributed by atoms with E-state index in [0.717, 1.165) is 36.7 Å². The van der Waals surface area contributed by atoms with E-state index in [2.05, 4.69) is 57.7 Å². The van der Waals surface area contributed by atoms with Gasteiger partial charge in [-0.1, -0.05) is 12.1 Å². The predicted molar refractivity (Wildman–Crippen MR) is 91.3 cm³/mol. The molecule has 0 unspecified atom stereocenters. The number of nitrogens with zero attached hydrogens (tertiary/aromatic N) is 4. The van der Waals surface area contributed by atoms with Gasteiger partial charge in [-0.15, -0.1) is 0 Å². The molecule has 0 radical (unpaired) electrons. The largest absolute Gasteiger partial charge is 0.345 e. The van der Waals surface area contributed by atoms with E-state index in [4.69, 9.17) is 4.98 Å². The third kappa shape index (κ3) is 2.77. The van der Waals surface area contributed by atoms with Crippen LogP contribution >= 0.6 is 0 Å². The second-order valence-electron chi connectivity index (χ2n) is 6.60. The summed E-state index contributed by atoms with van der Waals surface area (Å²) in [6, 6.07) is 8.40. The summed E-state index contributed by atoms with van der Waals surface area (Å²) in [5, 5.41) is 0. The molecule has 3 aromatic rings. The minimum absolute atomic E-state index is 0.497. The van der Waals surface area contributed by atoms with E-state index in [1.807, 2.05) is 6.20 Å². The van der Waals surface area contributed by atoms with Crippen LogP contribution in [0.15, 0.2) is 30.5 Å². The highest BCUT2D eigenvalue weighted by Gasteiger charge is 2.25. The molecule has 0 aliphatic carbocycles. The van der Waals surface area contributed by atoms with Gasteiger partial charge in [-0.05, 0) is 38.4 Å². The molecule has 3 heterocycles. The van der Waals surface area contributed by atoms with Crippen molar-refractivity contribution in [3.63, 3.8) is 0 Å². The molecular weight excluding hydrogens is 286 g/mol. The first-order valence-corrected chi connectivity index (χ1v) is 8.35. The number of likely N-dealkylation sites (tertiary alicyclic amines) is 1. The summed E-state index contributed by atoms with van der Waals surface area (Å²) in [5.74, 6) is 2.77. The van der Waals surface area contributed by atoms with Gasteiger partial charge < -0.3 is 9.55 Å². The summed E-state index contributed by atoms with van der Waals surface area (Å²) >= 11 is 0. The minimum Gasteiger partial charge on any atom is -0.345 e. The molecule has 1 aliphatic rings. The first-order valence-electron chi connectivity index (χ1n) is 8.35. The number of aromatic amines is 1. The summed E-state index contributed by atoms with van der Waals surface area (Å²) < 4.78 is 2.26. The first-order chi connectivity index (χ1) is 11.2. The lowest BCUT2D eigenvalue weighted by Crippen LogP contribution is -2.35. The van der Waals surface area contributed by atoms with Crippen LogP contribution in [-0.2, 0) is 13.6 Å². The number of aromatic nitrogens is 4. The van der Waals surface area contributed by atoms with Crippen molar-refractivity contribution >= 4 is 11.0 Å². The van der Waals surface area contributed by atoms with E-state index in [9.17, 15) is 0 Å².